The quantitative estimate of drug-likeness (QED) is 0.715. The van der Waals surface area contributed by atoms with Crippen LogP contribution in [0.15, 0.2) is 30.3 Å². The Labute approximate surface area is 81.5 Å². The van der Waals surface area contributed by atoms with Crippen LogP contribution < -0.4 is 4.40 Å². The first-order valence-corrected chi connectivity index (χ1v) is 11.2. The van der Waals surface area contributed by atoms with E-state index in [4.69, 9.17) is 10.0 Å². The molecule has 0 atom stereocenters. The molecular formula is C10H15ClGe. The maximum atomic E-state index is 6.62. The van der Waals surface area contributed by atoms with Crippen molar-refractivity contribution in [2.45, 2.75) is 24.4 Å². The summed E-state index contributed by atoms with van der Waals surface area (Å²) < 4.78 is 1.42. The van der Waals surface area contributed by atoms with Crippen molar-refractivity contribution < 1.29 is 0 Å². The summed E-state index contributed by atoms with van der Waals surface area (Å²) in [7, 11) is 6.62. The molecule has 0 saturated heterocycles. The van der Waals surface area contributed by atoms with E-state index in [1.165, 1.54) is 14.9 Å². The van der Waals surface area contributed by atoms with Gasteiger partial charge in [-0.2, -0.15) is 0 Å². The topological polar surface area (TPSA) is 0 Å². The molecule has 12 heavy (non-hydrogen) atoms. The van der Waals surface area contributed by atoms with Crippen molar-refractivity contribution in [3.63, 3.8) is 0 Å². The molecule has 0 aromatic heterocycles. The molecule has 0 aliphatic rings. The Bertz CT molecular complexity index is 229. The van der Waals surface area contributed by atoms with E-state index >= 15 is 0 Å². The Morgan fingerprint density at radius 1 is 1.08 bits per heavy atom. The zero-order valence-corrected chi connectivity index (χ0v) is 10.5. The molecule has 1 aromatic carbocycles. The summed E-state index contributed by atoms with van der Waals surface area (Å²) in [5, 5.41) is 2.34. The van der Waals surface area contributed by atoms with Crippen molar-refractivity contribution in [3.05, 3.63) is 30.3 Å². The van der Waals surface area contributed by atoms with Gasteiger partial charge >= 0.3 is 81.4 Å². The predicted octanol–water partition coefficient (Wildman–Crippen LogP) is 3.12. The van der Waals surface area contributed by atoms with Crippen molar-refractivity contribution >= 4 is 26.7 Å². The molecular weight excluding hydrogens is 228 g/mol. The molecule has 0 amide bonds. The van der Waals surface area contributed by atoms with Crippen LogP contribution in [-0.4, -0.2) is 12.3 Å². The van der Waals surface area contributed by atoms with Crippen LogP contribution in [0.2, 0.25) is 10.5 Å². The number of halogens is 1. The third-order valence-corrected chi connectivity index (χ3v) is 13.9. The summed E-state index contributed by atoms with van der Waals surface area (Å²) in [6, 6.07) is 10.6. The fourth-order valence-corrected chi connectivity index (χ4v) is 6.47. The van der Waals surface area contributed by atoms with Crippen molar-refractivity contribution in [1.82, 2.24) is 0 Å². The molecule has 0 N–H and O–H groups in total. The van der Waals surface area contributed by atoms with Gasteiger partial charge in [-0.15, -0.1) is 0 Å². The van der Waals surface area contributed by atoms with Crippen LogP contribution in [0.1, 0.15) is 13.8 Å². The second-order valence-corrected chi connectivity index (χ2v) is 15.0. The number of hydrogen-bond donors (Lipinski definition) is 0. The fourth-order valence-electron chi connectivity index (χ4n) is 1.40. The summed E-state index contributed by atoms with van der Waals surface area (Å²) in [5.41, 5.74) is 0. The molecule has 1 rings (SSSR count). The second kappa shape index (κ2) is 4.33. The second-order valence-electron chi connectivity index (χ2n) is 3.04. The molecule has 0 unspecified atom stereocenters. The van der Waals surface area contributed by atoms with E-state index in [0.29, 0.717) is 0 Å². The minimum absolute atomic E-state index is 1.17. The van der Waals surface area contributed by atoms with Gasteiger partial charge in [0, 0.05) is 0 Å². The average molecular weight is 243 g/mol. The van der Waals surface area contributed by atoms with E-state index < -0.39 is 12.3 Å². The minimum atomic E-state index is -2.11. The van der Waals surface area contributed by atoms with Gasteiger partial charge in [0.2, 0.25) is 0 Å². The third kappa shape index (κ3) is 2.05. The average Bonchev–Trinajstić information content (AvgIpc) is 2.18. The Hall–Kier alpha value is 0.0529. The zero-order chi connectivity index (χ0) is 9.03. The van der Waals surface area contributed by atoms with Crippen LogP contribution in [-0.2, 0) is 0 Å². The van der Waals surface area contributed by atoms with Crippen LogP contribution in [0.25, 0.3) is 0 Å². The monoisotopic (exact) mass is 244 g/mol. The SMILES string of the molecule is C[CH2][Ge]([Cl])([CH2]C)[c]1ccccc1. The van der Waals surface area contributed by atoms with E-state index in [9.17, 15) is 0 Å². The zero-order valence-electron chi connectivity index (χ0n) is 7.68. The predicted molar refractivity (Wildman–Crippen MR) is 58.6 cm³/mol. The molecule has 1 aromatic rings. The Morgan fingerprint density at radius 3 is 2.00 bits per heavy atom. The van der Waals surface area contributed by atoms with Gasteiger partial charge in [-0.1, -0.05) is 0 Å². The van der Waals surface area contributed by atoms with Gasteiger partial charge in [0.1, 0.15) is 0 Å². The molecule has 0 heterocycles. The first-order chi connectivity index (χ1) is 5.73. The number of benzene rings is 1. The summed E-state index contributed by atoms with van der Waals surface area (Å²) in [6.45, 7) is 4.42. The molecule has 0 fully saturated rings. The van der Waals surface area contributed by atoms with Gasteiger partial charge in [-0.3, -0.25) is 0 Å². The molecule has 0 bridgehead atoms. The van der Waals surface area contributed by atoms with Crippen LogP contribution in [0, 0.1) is 0 Å². The van der Waals surface area contributed by atoms with Crippen molar-refractivity contribution in [3.8, 4) is 0 Å². The first kappa shape index (κ1) is 10.1. The maximum absolute atomic E-state index is 6.62. The fraction of sp³-hybridized carbons (Fsp3) is 0.400. The molecule has 0 spiro atoms. The molecule has 0 radical (unpaired) electrons. The van der Waals surface area contributed by atoms with Crippen LogP contribution >= 0.6 is 10.0 Å². The van der Waals surface area contributed by atoms with Gasteiger partial charge in [-0.25, -0.2) is 0 Å². The summed E-state index contributed by atoms with van der Waals surface area (Å²) in [4.78, 5) is 0. The molecule has 2 heteroatoms. The van der Waals surface area contributed by atoms with E-state index in [2.05, 4.69) is 38.1 Å². The van der Waals surface area contributed by atoms with Crippen molar-refractivity contribution in [1.29, 1.82) is 0 Å². The van der Waals surface area contributed by atoms with Gasteiger partial charge in [0.05, 0.1) is 0 Å². The van der Waals surface area contributed by atoms with Crippen molar-refractivity contribution in [2.75, 3.05) is 0 Å². The first-order valence-electron chi connectivity index (χ1n) is 4.47. The molecule has 66 valence electrons. The third-order valence-electron chi connectivity index (χ3n) is 2.41. The van der Waals surface area contributed by atoms with E-state index in [1.54, 1.807) is 0 Å². The summed E-state index contributed by atoms with van der Waals surface area (Å²) >= 11 is -2.11. The molecule has 0 saturated carbocycles. The standard InChI is InChI=1S/C10H15ClGe/c1-3-12(11,4-2)10-8-6-5-7-9-10/h5-9H,3-4H2,1-2H3. The van der Waals surface area contributed by atoms with Crippen LogP contribution in [0.4, 0.5) is 0 Å². The molecule has 0 aliphatic carbocycles. The van der Waals surface area contributed by atoms with E-state index in [-0.39, 0.29) is 0 Å². The van der Waals surface area contributed by atoms with Crippen LogP contribution in [0.5, 0.6) is 0 Å². The van der Waals surface area contributed by atoms with Gasteiger partial charge < -0.3 is 0 Å². The summed E-state index contributed by atoms with van der Waals surface area (Å²) in [5.74, 6) is 0. The van der Waals surface area contributed by atoms with Gasteiger partial charge in [-0.05, 0) is 0 Å². The van der Waals surface area contributed by atoms with E-state index in [0.717, 1.165) is 0 Å². The Balaban J connectivity index is 2.95. The van der Waals surface area contributed by atoms with Crippen LogP contribution in [0.3, 0.4) is 0 Å². The molecule has 0 aliphatic heterocycles. The Morgan fingerprint density at radius 2 is 1.58 bits per heavy atom. The Kier molecular flexibility index (Phi) is 3.66. The van der Waals surface area contributed by atoms with Crippen molar-refractivity contribution in [2.24, 2.45) is 0 Å². The number of rotatable bonds is 3. The number of hydrogen-bond acceptors (Lipinski definition) is 0. The molecule has 0 nitrogen and oxygen atoms in total. The van der Waals surface area contributed by atoms with Gasteiger partial charge in [0.15, 0.2) is 0 Å². The normalized spacial score (nSPS) is 11.6. The summed E-state index contributed by atoms with van der Waals surface area (Å²) in [6.07, 6.45) is 0. The van der Waals surface area contributed by atoms with E-state index in [1.807, 2.05) is 6.07 Å². The van der Waals surface area contributed by atoms with Gasteiger partial charge in [0.25, 0.3) is 0 Å².